The highest BCUT2D eigenvalue weighted by Gasteiger charge is 2.30. The average Bonchev–Trinajstić information content (AvgIpc) is 4.08. The first-order valence-corrected chi connectivity index (χ1v) is 22.1. The number of allylic oxidation sites excluding steroid dienone is 1. The highest BCUT2D eigenvalue weighted by molar-refractivity contribution is 7.27. The fraction of sp³-hybridized carbons (Fsp3) is 0.0370. The number of hydrogen-bond acceptors (Lipinski definition) is 5. The smallest absolute Gasteiger partial charge is 0.137 e. The van der Waals surface area contributed by atoms with Crippen molar-refractivity contribution in [3.8, 4) is 16.9 Å². The first-order valence-electron chi connectivity index (χ1n) is 20.4. The topological polar surface area (TPSA) is 43.9 Å². The quantitative estimate of drug-likeness (QED) is 0.179. The molecule has 0 amide bonds. The van der Waals surface area contributed by atoms with Crippen molar-refractivity contribution in [2.24, 2.45) is 0 Å². The Kier molecular flexibility index (Phi) is 6.67. The van der Waals surface area contributed by atoms with Gasteiger partial charge >= 0.3 is 0 Å². The second-order valence-corrected chi connectivity index (χ2v) is 18.0. The maximum absolute atomic E-state index is 6.89. The number of furan rings is 1. The van der Waals surface area contributed by atoms with Gasteiger partial charge in [0.05, 0.1) is 37.6 Å². The Morgan fingerprint density at radius 2 is 1.27 bits per heavy atom. The lowest BCUT2D eigenvalue weighted by molar-refractivity contribution is 0.586. The van der Waals surface area contributed by atoms with Crippen LogP contribution in [0.4, 0.5) is 0 Å². The molecule has 0 saturated heterocycles. The zero-order valence-electron chi connectivity index (χ0n) is 32.0. The van der Waals surface area contributed by atoms with Crippen LogP contribution in [0.25, 0.3) is 118 Å². The normalized spacial score (nSPS) is 14.4. The van der Waals surface area contributed by atoms with Crippen molar-refractivity contribution in [3.05, 3.63) is 181 Å². The Labute approximate surface area is 350 Å². The van der Waals surface area contributed by atoms with Gasteiger partial charge in [0.1, 0.15) is 17.2 Å². The summed E-state index contributed by atoms with van der Waals surface area (Å²) in [5.41, 5.74) is 8.63. The first-order chi connectivity index (χ1) is 29.8. The van der Waals surface area contributed by atoms with Crippen molar-refractivity contribution in [1.29, 1.82) is 0 Å². The van der Waals surface area contributed by atoms with Gasteiger partial charge in [-0.25, -0.2) is 9.97 Å². The number of nitrogens with zero attached hydrogens (tertiary/aromatic N) is 3. The molecule has 1 aliphatic carbocycles. The summed E-state index contributed by atoms with van der Waals surface area (Å²) in [5.74, 6) is 1.65. The first kappa shape index (κ1) is 32.8. The van der Waals surface area contributed by atoms with E-state index in [0.717, 1.165) is 61.7 Å². The Balaban J connectivity index is 1.04. The van der Waals surface area contributed by atoms with E-state index in [9.17, 15) is 0 Å². The van der Waals surface area contributed by atoms with Crippen LogP contribution in [-0.2, 0) is 0 Å². The molecule has 14 rings (SSSR count). The van der Waals surface area contributed by atoms with E-state index in [2.05, 4.69) is 174 Å². The van der Waals surface area contributed by atoms with Crippen molar-refractivity contribution in [2.45, 2.75) is 12.3 Å². The molecule has 0 radical (unpaired) electrons. The van der Waals surface area contributed by atoms with Crippen molar-refractivity contribution in [2.75, 3.05) is 0 Å². The fourth-order valence-electron chi connectivity index (χ4n) is 10.2. The summed E-state index contributed by atoms with van der Waals surface area (Å²) in [6.07, 6.45) is 5.16. The van der Waals surface area contributed by atoms with Crippen molar-refractivity contribution in [1.82, 2.24) is 14.5 Å². The van der Waals surface area contributed by atoms with Gasteiger partial charge in [-0.1, -0.05) is 127 Å². The van der Waals surface area contributed by atoms with Crippen LogP contribution in [0.5, 0.6) is 0 Å². The molecule has 0 saturated carbocycles. The van der Waals surface area contributed by atoms with Crippen molar-refractivity contribution in [3.63, 3.8) is 0 Å². The Hall–Kier alpha value is -7.12. The van der Waals surface area contributed by atoms with Gasteiger partial charge in [-0.3, -0.25) is 0 Å². The summed E-state index contributed by atoms with van der Waals surface area (Å²) in [4.78, 5) is 10.8. The lowest BCUT2D eigenvalue weighted by Crippen LogP contribution is -2.09. The van der Waals surface area contributed by atoms with Crippen molar-refractivity contribution < 1.29 is 4.42 Å². The summed E-state index contributed by atoms with van der Waals surface area (Å²) >= 11 is 3.67. The number of hydrogen-bond donors (Lipinski definition) is 0. The molecule has 1 aliphatic rings. The maximum atomic E-state index is 6.89. The molecule has 13 aromatic rings. The Bertz CT molecular complexity index is 4000. The van der Waals surface area contributed by atoms with Crippen LogP contribution >= 0.6 is 22.7 Å². The van der Waals surface area contributed by atoms with Crippen LogP contribution in [0.3, 0.4) is 0 Å². The van der Waals surface area contributed by atoms with E-state index in [1.54, 1.807) is 11.3 Å². The Morgan fingerprint density at radius 3 is 2.12 bits per heavy atom. The highest BCUT2D eigenvalue weighted by atomic mass is 32.1. The molecule has 0 fully saturated rings. The van der Waals surface area contributed by atoms with E-state index >= 15 is 0 Å². The zero-order valence-corrected chi connectivity index (χ0v) is 33.6. The van der Waals surface area contributed by atoms with E-state index in [1.807, 2.05) is 11.3 Å². The molecule has 0 bridgehead atoms. The highest BCUT2D eigenvalue weighted by Crippen LogP contribution is 2.50. The van der Waals surface area contributed by atoms with E-state index in [1.165, 1.54) is 73.6 Å². The molecule has 4 nitrogen and oxygen atoms in total. The molecule has 0 N–H and O–H groups in total. The van der Waals surface area contributed by atoms with Gasteiger partial charge in [-0.15, -0.1) is 22.7 Å². The minimum Gasteiger partial charge on any atom is -0.456 e. The molecule has 60 heavy (non-hydrogen) atoms. The van der Waals surface area contributed by atoms with E-state index < -0.39 is 0 Å². The summed E-state index contributed by atoms with van der Waals surface area (Å²) in [7, 11) is 0. The van der Waals surface area contributed by atoms with Gasteiger partial charge in [-0.2, -0.15) is 0 Å². The van der Waals surface area contributed by atoms with Crippen LogP contribution in [0.15, 0.2) is 168 Å². The molecule has 6 heteroatoms. The number of aromatic nitrogens is 3. The molecule has 1 atom stereocenters. The van der Waals surface area contributed by atoms with E-state index in [-0.39, 0.29) is 5.92 Å². The third kappa shape index (κ3) is 4.44. The minimum absolute atomic E-state index is 0.0632. The minimum atomic E-state index is -0.0632. The van der Waals surface area contributed by atoms with E-state index in [4.69, 9.17) is 14.4 Å². The predicted molar refractivity (Wildman–Crippen MR) is 254 cm³/mol. The van der Waals surface area contributed by atoms with Crippen LogP contribution in [0.1, 0.15) is 29.5 Å². The zero-order chi connectivity index (χ0) is 39.1. The third-order valence-corrected chi connectivity index (χ3v) is 15.1. The van der Waals surface area contributed by atoms with Crippen LogP contribution in [-0.4, -0.2) is 14.5 Å². The number of rotatable bonds is 3. The van der Waals surface area contributed by atoms with Crippen LogP contribution in [0.2, 0.25) is 0 Å². The third-order valence-electron chi connectivity index (χ3n) is 12.7. The molecule has 8 aromatic carbocycles. The molecule has 5 heterocycles. The summed E-state index contributed by atoms with van der Waals surface area (Å²) in [6.45, 7) is 0. The summed E-state index contributed by atoms with van der Waals surface area (Å²) < 4.78 is 14.3. The summed E-state index contributed by atoms with van der Waals surface area (Å²) in [6, 6.07) is 57.2. The standard InChI is InChI=1S/C54H31N3OS2/c1-2-14-31(15-3-1)49-53-50(38-20-9-11-24-44(38)60-53)56-54(55-49)39-21-12-22-41-45(39)36-27-26-32(29-42(36)58-41)57-40-28-25-30-13-4-5-16-33(30)47(40)48-35-18-7-6-17-34(35)46-37-19-8-10-23-43(37)59-52(46)51(48)57/h1-20,22-29,39H,21H2. The second-order valence-electron chi connectivity index (χ2n) is 15.9. The fourth-order valence-corrected chi connectivity index (χ4v) is 12.6. The van der Waals surface area contributed by atoms with Crippen LogP contribution < -0.4 is 0 Å². The monoisotopic (exact) mass is 801 g/mol. The molecule has 5 aromatic heterocycles. The number of thiophene rings is 2. The molecule has 280 valence electrons. The largest absolute Gasteiger partial charge is 0.456 e. The van der Waals surface area contributed by atoms with Gasteiger partial charge < -0.3 is 8.98 Å². The molecule has 0 aliphatic heterocycles. The van der Waals surface area contributed by atoms with Gasteiger partial charge in [0.2, 0.25) is 0 Å². The molecule has 1 unspecified atom stereocenters. The average molecular weight is 802 g/mol. The number of fused-ring (bicyclic) bond motifs is 18. The Morgan fingerprint density at radius 1 is 0.567 bits per heavy atom. The van der Waals surface area contributed by atoms with Gasteiger partial charge in [-0.05, 0) is 64.4 Å². The number of benzene rings is 8. The maximum Gasteiger partial charge on any atom is 0.137 e. The van der Waals surface area contributed by atoms with E-state index in [0.29, 0.717) is 0 Å². The van der Waals surface area contributed by atoms with Gasteiger partial charge in [0, 0.05) is 64.6 Å². The predicted octanol–water partition coefficient (Wildman–Crippen LogP) is 15.6. The molecular weight excluding hydrogens is 771 g/mol. The van der Waals surface area contributed by atoms with Crippen LogP contribution in [0, 0.1) is 0 Å². The lowest BCUT2D eigenvalue weighted by atomic mass is 9.88. The summed E-state index contributed by atoms with van der Waals surface area (Å²) in [5, 5.41) is 12.5. The van der Waals surface area contributed by atoms with Gasteiger partial charge in [0.25, 0.3) is 0 Å². The molecular formula is C54H31N3OS2. The SMILES string of the molecule is C1=Cc2oc3cc(-n4c5ccc6ccccc6c5c5c6ccccc6c6c7ccccc7sc6c54)ccc3c2C(c2nc(-c3ccccc3)c3sc4ccccc4c3n2)C1. The lowest BCUT2D eigenvalue weighted by Gasteiger charge is -2.18. The second kappa shape index (κ2) is 12.2. The van der Waals surface area contributed by atoms with Gasteiger partial charge in [0.15, 0.2) is 0 Å². The van der Waals surface area contributed by atoms with Crippen molar-refractivity contribution >= 4 is 124 Å². The molecule has 0 spiro atoms.